The predicted molar refractivity (Wildman–Crippen MR) is 150 cm³/mol. The molecule has 3 saturated heterocycles. The zero-order chi connectivity index (χ0) is 26.9. The molecule has 9 heteroatoms. The molecule has 0 aromatic heterocycles. The van der Waals surface area contributed by atoms with Gasteiger partial charge in [-0.25, -0.2) is 0 Å². The number of aliphatic hydroxyl groups excluding tert-OH is 1. The molecule has 3 aliphatic rings. The lowest BCUT2D eigenvalue weighted by Crippen LogP contribution is -2.56. The summed E-state index contributed by atoms with van der Waals surface area (Å²) in [6.07, 6.45) is 5.44. The second-order valence-electron chi connectivity index (χ2n) is 10.00. The van der Waals surface area contributed by atoms with Crippen LogP contribution in [0.2, 0.25) is 0 Å². The Bertz CT molecular complexity index is 1080. The van der Waals surface area contributed by atoms with E-state index in [0.29, 0.717) is 12.8 Å². The second kappa shape index (κ2) is 11.3. The van der Waals surface area contributed by atoms with Gasteiger partial charge in [-0.2, -0.15) is 0 Å². The minimum atomic E-state index is -0.815. The van der Waals surface area contributed by atoms with E-state index in [-0.39, 0.29) is 54.2 Å². The van der Waals surface area contributed by atoms with Crippen LogP contribution in [0.4, 0.5) is 5.69 Å². The van der Waals surface area contributed by atoms with Gasteiger partial charge in [-0.3, -0.25) is 14.4 Å². The highest BCUT2D eigenvalue weighted by atomic mass is 79.9. The summed E-state index contributed by atoms with van der Waals surface area (Å²) in [4.78, 5) is 44.8. The largest absolute Gasteiger partial charge is 0.465 e. The van der Waals surface area contributed by atoms with Crippen LogP contribution in [-0.4, -0.2) is 75.0 Å². The molecule has 0 radical (unpaired) electrons. The number of likely N-dealkylation sites (tertiary alicyclic amines) is 1. The number of unbranched alkanes of at least 4 members (excludes halogenated alkanes) is 1. The zero-order valence-electron chi connectivity index (χ0n) is 21.4. The molecule has 3 heterocycles. The van der Waals surface area contributed by atoms with E-state index < -0.39 is 22.6 Å². The summed E-state index contributed by atoms with van der Waals surface area (Å²) in [5, 5.41) is 9.70. The zero-order valence-corrected chi connectivity index (χ0v) is 23.8. The molecule has 2 amide bonds. The molecule has 3 fully saturated rings. The molecule has 0 aliphatic carbocycles. The van der Waals surface area contributed by atoms with Gasteiger partial charge < -0.3 is 19.6 Å². The Morgan fingerprint density at radius 3 is 2.62 bits per heavy atom. The number of carbonyl (C=O) groups is 3. The van der Waals surface area contributed by atoms with Gasteiger partial charge in [0.1, 0.15) is 6.04 Å². The van der Waals surface area contributed by atoms with Crippen molar-refractivity contribution < 1.29 is 24.2 Å². The SMILES string of the molecule is C=CCCCOC(=O)[C@H]1[C@H]2C(=O)N(CCO)C(C(=O)N(CC=C)c3c(C)cccc3C)C23CC(Br)[C@@H]1S3. The van der Waals surface area contributed by atoms with Crippen LogP contribution in [0.25, 0.3) is 0 Å². The molecule has 6 atom stereocenters. The Balaban J connectivity index is 1.74. The highest BCUT2D eigenvalue weighted by molar-refractivity contribution is 9.09. The first-order chi connectivity index (χ1) is 17.7. The highest BCUT2D eigenvalue weighted by Gasteiger charge is 2.76. The minimum Gasteiger partial charge on any atom is -0.465 e. The number of aliphatic hydroxyl groups is 1. The van der Waals surface area contributed by atoms with Crippen molar-refractivity contribution in [2.24, 2.45) is 11.8 Å². The lowest BCUT2D eigenvalue weighted by Gasteiger charge is -2.38. The number of nitrogens with zero attached hydrogens (tertiary/aromatic N) is 2. The van der Waals surface area contributed by atoms with Gasteiger partial charge in [0.05, 0.1) is 29.8 Å². The molecule has 2 bridgehead atoms. The number of β-amino-alcohol motifs (C(OH)–C–C–N with tert-alkyl or cyclic N) is 1. The third-order valence-corrected chi connectivity index (χ3v) is 10.9. The highest BCUT2D eigenvalue weighted by Crippen LogP contribution is 2.68. The number of alkyl halides is 1. The Hall–Kier alpha value is -2.10. The Kier molecular flexibility index (Phi) is 8.55. The summed E-state index contributed by atoms with van der Waals surface area (Å²) in [6.45, 7) is 11.8. The topological polar surface area (TPSA) is 87.1 Å². The summed E-state index contributed by atoms with van der Waals surface area (Å²) in [6, 6.07) is 5.05. The smallest absolute Gasteiger partial charge is 0.310 e. The van der Waals surface area contributed by atoms with Crippen molar-refractivity contribution in [2.75, 3.05) is 31.2 Å². The maximum atomic E-state index is 14.5. The predicted octanol–water partition coefficient (Wildman–Crippen LogP) is 3.79. The van der Waals surface area contributed by atoms with Gasteiger partial charge >= 0.3 is 5.97 Å². The lowest BCUT2D eigenvalue weighted by molar-refractivity contribution is -0.154. The summed E-state index contributed by atoms with van der Waals surface area (Å²) >= 11 is 5.32. The van der Waals surface area contributed by atoms with Crippen molar-refractivity contribution in [3.8, 4) is 0 Å². The molecule has 3 aliphatic heterocycles. The molecule has 1 aromatic carbocycles. The van der Waals surface area contributed by atoms with Crippen molar-refractivity contribution in [3.63, 3.8) is 0 Å². The Morgan fingerprint density at radius 2 is 2.00 bits per heavy atom. The van der Waals surface area contributed by atoms with Crippen molar-refractivity contribution >= 4 is 51.2 Å². The van der Waals surface area contributed by atoms with E-state index in [9.17, 15) is 19.5 Å². The van der Waals surface area contributed by atoms with E-state index in [1.54, 1.807) is 28.8 Å². The number of aryl methyl sites for hydroxylation is 2. The van der Waals surface area contributed by atoms with E-state index in [0.717, 1.165) is 23.2 Å². The van der Waals surface area contributed by atoms with Crippen LogP contribution in [0.15, 0.2) is 43.5 Å². The van der Waals surface area contributed by atoms with Crippen LogP contribution in [-0.2, 0) is 19.1 Å². The molecule has 200 valence electrons. The number of esters is 1. The third-order valence-electron chi connectivity index (χ3n) is 7.72. The fourth-order valence-corrected chi connectivity index (χ4v) is 9.92. The number of rotatable bonds is 11. The Morgan fingerprint density at radius 1 is 1.30 bits per heavy atom. The van der Waals surface area contributed by atoms with E-state index in [1.165, 1.54) is 4.90 Å². The summed E-state index contributed by atoms with van der Waals surface area (Å²) in [5.41, 5.74) is 2.70. The fraction of sp³-hybridized carbons (Fsp3) is 0.536. The molecule has 3 unspecified atom stereocenters. The average Bonchev–Trinajstić information content (AvgIpc) is 3.44. The molecular formula is C28H35BrN2O5S. The van der Waals surface area contributed by atoms with Gasteiger partial charge in [-0.15, -0.1) is 24.9 Å². The number of amides is 2. The fourth-order valence-electron chi connectivity index (χ4n) is 6.32. The van der Waals surface area contributed by atoms with Crippen molar-refractivity contribution in [3.05, 3.63) is 54.6 Å². The standard InChI is InChI=1S/C28H35BrN2O5S/c1-5-7-8-15-36-27(35)20-21-25(33)31(13-14-32)24(28(21)16-19(29)23(20)37-28)26(34)30(12-6-2)22-17(3)10-9-11-18(22)4/h5-6,9-11,19-21,23-24,32H,1-2,7-8,12-16H2,3-4H3/t19?,20-,21-,23-,24?,28?/m0/s1. The number of anilines is 1. The number of halogens is 1. The monoisotopic (exact) mass is 590 g/mol. The van der Waals surface area contributed by atoms with Gasteiger partial charge in [0.25, 0.3) is 5.91 Å². The molecule has 37 heavy (non-hydrogen) atoms. The molecule has 1 spiro atoms. The van der Waals surface area contributed by atoms with Crippen molar-refractivity contribution in [2.45, 2.75) is 54.0 Å². The van der Waals surface area contributed by atoms with Crippen LogP contribution in [0.3, 0.4) is 0 Å². The Labute approximate surface area is 231 Å². The maximum absolute atomic E-state index is 14.5. The number of fused-ring (bicyclic) bond motifs is 1. The molecule has 1 aromatic rings. The maximum Gasteiger partial charge on any atom is 0.310 e. The quantitative estimate of drug-likeness (QED) is 0.183. The number of ether oxygens (including phenoxy) is 1. The van der Waals surface area contributed by atoms with E-state index in [4.69, 9.17) is 4.74 Å². The van der Waals surface area contributed by atoms with Crippen LogP contribution in [0.1, 0.15) is 30.4 Å². The van der Waals surface area contributed by atoms with E-state index in [1.807, 2.05) is 32.0 Å². The molecule has 1 N–H and O–H groups in total. The molecule has 4 rings (SSSR count). The van der Waals surface area contributed by atoms with E-state index >= 15 is 0 Å². The van der Waals surface area contributed by atoms with Gasteiger partial charge in [-0.1, -0.05) is 46.3 Å². The van der Waals surface area contributed by atoms with Gasteiger partial charge in [0.15, 0.2) is 0 Å². The number of hydrogen-bond acceptors (Lipinski definition) is 6. The number of carbonyl (C=O) groups excluding carboxylic acids is 3. The van der Waals surface area contributed by atoms with Crippen molar-refractivity contribution in [1.82, 2.24) is 4.90 Å². The summed E-state index contributed by atoms with van der Waals surface area (Å²) < 4.78 is 4.82. The summed E-state index contributed by atoms with van der Waals surface area (Å²) in [7, 11) is 0. The lowest BCUT2D eigenvalue weighted by atomic mass is 9.71. The first-order valence-electron chi connectivity index (χ1n) is 12.7. The van der Waals surface area contributed by atoms with Gasteiger partial charge in [-0.05, 0) is 44.2 Å². The number of para-hydroxylation sites is 1. The average molecular weight is 592 g/mol. The minimum absolute atomic E-state index is 0.0292. The second-order valence-corrected chi connectivity index (χ2v) is 12.7. The number of benzene rings is 1. The summed E-state index contributed by atoms with van der Waals surface area (Å²) in [5.74, 6) is -2.18. The van der Waals surface area contributed by atoms with Crippen LogP contribution in [0.5, 0.6) is 0 Å². The van der Waals surface area contributed by atoms with Crippen LogP contribution in [0, 0.1) is 25.7 Å². The number of allylic oxidation sites excluding steroid dienone is 1. The first kappa shape index (κ1) is 27.9. The van der Waals surface area contributed by atoms with Crippen LogP contribution < -0.4 is 4.90 Å². The normalized spacial score (nSPS) is 29.8. The first-order valence-corrected chi connectivity index (χ1v) is 14.5. The van der Waals surface area contributed by atoms with Crippen LogP contribution >= 0.6 is 27.7 Å². The number of hydrogen-bond donors (Lipinski definition) is 1. The van der Waals surface area contributed by atoms with Gasteiger partial charge in [0.2, 0.25) is 5.91 Å². The van der Waals surface area contributed by atoms with Crippen molar-refractivity contribution in [1.29, 1.82) is 0 Å². The van der Waals surface area contributed by atoms with E-state index in [2.05, 4.69) is 29.1 Å². The third kappa shape index (κ3) is 4.68. The van der Waals surface area contributed by atoms with Gasteiger partial charge in [0, 0.05) is 28.9 Å². The molecule has 0 saturated carbocycles. The molecule has 7 nitrogen and oxygen atoms in total. The number of thioether (sulfide) groups is 1. The molecular weight excluding hydrogens is 556 g/mol.